The van der Waals surface area contributed by atoms with Crippen molar-refractivity contribution in [2.75, 3.05) is 19.4 Å². The number of sulfonamides is 1. The van der Waals surface area contributed by atoms with E-state index < -0.39 is 16.1 Å². The van der Waals surface area contributed by atoms with Crippen LogP contribution in [0.25, 0.3) is 16.6 Å². The number of H-pyrrole nitrogens is 1. The Balaban J connectivity index is 1.92. The second-order valence-corrected chi connectivity index (χ2v) is 10.0. The van der Waals surface area contributed by atoms with Crippen molar-refractivity contribution in [2.24, 2.45) is 5.73 Å². The number of piperidine rings is 1. The number of ether oxygens (including phenoxy) is 1. The van der Waals surface area contributed by atoms with Gasteiger partial charge >= 0.3 is 5.69 Å². The second kappa shape index (κ2) is 7.28. The molecule has 3 heterocycles. The Morgan fingerprint density at radius 2 is 1.97 bits per heavy atom. The molecule has 2 aromatic rings. The topological polar surface area (TPSA) is 127 Å². The summed E-state index contributed by atoms with van der Waals surface area (Å²) < 4.78 is 33.9. The van der Waals surface area contributed by atoms with Crippen LogP contribution in [0.1, 0.15) is 44.7 Å². The molecule has 3 N–H and O–H groups in total. The van der Waals surface area contributed by atoms with E-state index in [0.717, 1.165) is 12.8 Å². The molecule has 1 saturated heterocycles. The van der Waals surface area contributed by atoms with Gasteiger partial charge in [0.15, 0.2) is 11.5 Å². The maximum atomic E-state index is 12.9. The lowest BCUT2D eigenvalue weighted by Gasteiger charge is -2.40. The summed E-state index contributed by atoms with van der Waals surface area (Å²) >= 11 is 0. The fourth-order valence-electron chi connectivity index (χ4n) is 4.78. The highest BCUT2D eigenvalue weighted by atomic mass is 32.2. The number of Topliss-reactive ketones (excluding diaryl/α,β-unsaturated/α-hetero) is 1. The van der Waals surface area contributed by atoms with Gasteiger partial charge in [0.25, 0.3) is 0 Å². The second-order valence-electron chi connectivity index (χ2n) is 8.07. The summed E-state index contributed by atoms with van der Waals surface area (Å²) in [5, 5.41) is 0. The van der Waals surface area contributed by atoms with Crippen LogP contribution in [0.5, 0.6) is 5.75 Å². The molecule has 10 heteroatoms. The molecule has 0 aliphatic carbocycles. The largest absolute Gasteiger partial charge is 0.488 e. The Labute approximate surface area is 174 Å². The summed E-state index contributed by atoms with van der Waals surface area (Å²) in [4.78, 5) is 27.9. The Morgan fingerprint density at radius 3 is 2.60 bits per heavy atom. The number of hydrogen-bond acceptors (Lipinski definition) is 6. The first-order valence-corrected chi connectivity index (χ1v) is 11.8. The summed E-state index contributed by atoms with van der Waals surface area (Å²) in [5.74, 6) is 0.218. The first kappa shape index (κ1) is 20.7. The van der Waals surface area contributed by atoms with Crippen molar-refractivity contribution < 1.29 is 17.9 Å². The van der Waals surface area contributed by atoms with Crippen LogP contribution >= 0.6 is 0 Å². The van der Waals surface area contributed by atoms with E-state index in [-0.39, 0.29) is 24.1 Å². The van der Waals surface area contributed by atoms with Gasteiger partial charge in [0, 0.05) is 29.4 Å². The molecule has 30 heavy (non-hydrogen) atoms. The average molecular weight is 435 g/mol. The monoisotopic (exact) mass is 434 g/mol. The van der Waals surface area contributed by atoms with Crippen molar-refractivity contribution in [1.82, 2.24) is 13.9 Å². The molecule has 2 unspecified atom stereocenters. The highest BCUT2D eigenvalue weighted by Gasteiger charge is 2.40. The summed E-state index contributed by atoms with van der Waals surface area (Å²) in [5.41, 5.74) is 7.99. The van der Waals surface area contributed by atoms with E-state index in [1.165, 1.54) is 17.5 Å². The molecule has 1 aromatic carbocycles. The first-order valence-electron chi connectivity index (χ1n) is 9.95. The maximum absolute atomic E-state index is 12.9. The van der Waals surface area contributed by atoms with Crippen molar-refractivity contribution in [3.05, 3.63) is 33.9 Å². The van der Waals surface area contributed by atoms with Crippen molar-refractivity contribution in [1.29, 1.82) is 0 Å². The minimum Gasteiger partial charge on any atom is -0.488 e. The number of aromatic nitrogens is 2. The molecule has 0 radical (unpaired) electrons. The number of benzene rings is 1. The fourth-order valence-corrected chi connectivity index (χ4v) is 5.98. The Hall–Kier alpha value is -2.59. The van der Waals surface area contributed by atoms with Gasteiger partial charge in [-0.05, 0) is 38.8 Å². The molecular formula is C20H26N4O5S. The predicted molar refractivity (Wildman–Crippen MR) is 114 cm³/mol. The number of carbonyl (C=O) groups is 1. The summed E-state index contributed by atoms with van der Waals surface area (Å²) in [6.07, 6.45) is 3.52. The summed E-state index contributed by atoms with van der Waals surface area (Å²) in [6, 6.07) is 2.60. The number of nitrogens with one attached hydrogen (secondary N) is 1. The molecule has 2 atom stereocenters. The van der Waals surface area contributed by atoms with Crippen molar-refractivity contribution in [2.45, 2.75) is 45.2 Å². The average Bonchev–Trinajstić information content (AvgIpc) is 3.00. The lowest BCUT2D eigenvalue weighted by Crippen LogP contribution is -2.51. The highest BCUT2D eigenvalue weighted by molar-refractivity contribution is 7.88. The van der Waals surface area contributed by atoms with E-state index in [2.05, 4.69) is 4.98 Å². The smallest absolute Gasteiger partial charge is 0.327 e. The van der Waals surface area contributed by atoms with E-state index in [4.69, 9.17) is 10.5 Å². The molecule has 0 saturated carbocycles. The normalized spacial score (nSPS) is 23.2. The van der Waals surface area contributed by atoms with Gasteiger partial charge in [0.05, 0.1) is 17.8 Å². The highest BCUT2D eigenvalue weighted by Crippen LogP contribution is 2.41. The maximum Gasteiger partial charge on any atom is 0.327 e. The molecular weight excluding hydrogens is 408 g/mol. The Bertz CT molecular complexity index is 1220. The standard InChI is InChI=1S/C20H26N4O5S/c1-11(21)17(12(2)25)13-7-8-14-18-19(13)29-10-16(24(18)20(26)22-14)15-6-4-5-9-23(15)30(3,27)28/h7-8,15-16H,4-6,9-10,21H2,1-3H3,(H,22,26). The van der Waals surface area contributed by atoms with Gasteiger partial charge in [-0.1, -0.05) is 6.42 Å². The van der Waals surface area contributed by atoms with Gasteiger partial charge in [0.1, 0.15) is 12.1 Å². The molecule has 0 amide bonds. The van der Waals surface area contributed by atoms with Crippen LogP contribution in [-0.2, 0) is 14.8 Å². The Morgan fingerprint density at radius 1 is 1.23 bits per heavy atom. The van der Waals surface area contributed by atoms with E-state index in [0.29, 0.717) is 46.6 Å². The quantitative estimate of drug-likeness (QED) is 0.700. The predicted octanol–water partition coefficient (Wildman–Crippen LogP) is 1.36. The molecule has 2 aliphatic rings. The van der Waals surface area contributed by atoms with Gasteiger partial charge < -0.3 is 15.5 Å². The molecule has 0 spiro atoms. The number of aromatic amines is 1. The number of allylic oxidation sites excluding steroid dienone is 2. The zero-order chi connectivity index (χ0) is 21.8. The zero-order valence-corrected chi connectivity index (χ0v) is 18.1. The minimum absolute atomic E-state index is 0.127. The number of ketones is 1. The van der Waals surface area contributed by atoms with Crippen LogP contribution in [0.4, 0.5) is 0 Å². The van der Waals surface area contributed by atoms with Crippen LogP contribution in [-0.4, -0.2) is 53.5 Å². The van der Waals surface area contributed by atoms with Crippen LogP contribution in [0.15, 0.2) is 22.6 Å². The van der Waals surface area contributed by atoms with Crippen molar-refractivity contribution in [3.63, 3.8) is 0 Å². The van der Waals surface area contributed by atoms with Gasteiger partial charge in [-0.15, -0.1) is 0 Å². The molecule has 0 bridgehead atoms. The van der Waals surface area contributed by atoms with Crippen LogP contribution in [0.2, 0.25) is 0 Å². The zero-order valence-electron chi connectivity index (χ0n) is 17.3. The minimum atomic E-state index is -3.43. The van der Waals surface area contributed by atoms with Crippen molar-refractivity contribution >= 4 is 32.4 Å². The molecule has 162 valence electrons. The number of carbonyl (C=O) groups excluding carboxylic acids is 1. The van der Waals surface area contributed by atoms with Crippen LogP contribution in [0, 0.1) is 0 Å². The number of imidazole rings is 1. The van der Waals surface area contributed by atoms with Crippen LogP contribution < -0.4 is 16.2 Å². The third-order valence-electron chi connectivity index (χ3n) is 5.95. The van der Waals surface area contributed by atoms with E-state index in [9.17, 15) is 18.0 Å². The number of nitrogens with zero attached hydrogens (tertiary/aromatic N) is 2. The van der Waals surface area contributed by atoms with E-state index in [1.54, 1.807) is 23.6 Å². The fraction of sp³-hybridized carbons (Fsp3) is 0.500. The molecule has 1 fully saturated rings. The lowest BCUT2D eigenvalue weighted by atomic mass is 9.95. The molecule has 9 nitrogen and oxygen atoms in total. The van der Waals surface area contributed by atoms with E-state index in [1.807, 2.05) is 0 Å². The van der Waals surface area contributed by atoms with Gasteiger partial charge in [-0.2, -0.15) is 4.31 Å². The van der Waals surface area contributed by atoms with Gasteiger partial charge in [-0.3, -0.25) is 9.36 Å². The van der Waals surface area contributed by atoms with Gasteiger partial charge in [0.2, 0.25) is 10.0 Å². The molecule has 2 aliphatic heterocycles. The summed E-state index contributed by atoms with van der Waals surface area (Å²) in [6.45, 7) is 3.64. The number of rotatable bonds is 4. The van der Waals surface area contributed by atoms with Crippen molar-refractivity contribution in [3.8, 4) is 5.75 Å². The third-order valence-corrected chi connectivity index (χ3v) is 7.25. The Kier molecular flexibility index (Phi) is 5.01. The van der Waals surface area contributed by atoms with Crippen LogP contribution in [0.3, 0.4) is 0 Å². The number of nitrogens with two attached hydrogens (primary N) is 1. The molecule has 4 rings (SSSR count). The molecule has 1 aromatic heterocycles. The number of hydrogen-bond donors (Lipinski definition) is 2. The van der Waals surface area contributed by atoms with E-state index >= 15 is 0 Å². The lowest BCUT2D eigenvalue weighted by molar-refractivity contribution is -0.111. The van der Waals surface area contributed by atoms with Gasteiger partial charge in [-0.25, -0.2) is 13.2 Å². The summed E-state index contributed by atoms with van der Waals surface area (Å²) in [7, 11) is -3.43. The third kappa shape index (κ3) is 3.24. The SMILES string of the molecule is CC(=O)C(=C(C)N)c1ccc2[nH]c(=O)n3c2c1OCC3C1CCCCN1S(C)(=O)=O. The first-order chi connectivity index (χ1) is 14.1.